The van der Waals surface area contributed by atoms with Crippen molar-refractivity contribution < 1.29 is 9.53 Å². The summed E-state index contributed by atoms with van der Waals surface area (Å²) in [7, 11) is 1.90. The van der Waals surface area contributed by atoms with Crippen molar-refractivity contribution in [3.05, 3.63) is 15.9 Å². The smallest absolute Gasteiger partial charge is 0.307 e. The minimum Gasteiger partial charge on any atom is -0.466 e. The van der Waals surface area contributed by atoms with Gasteiger partial charge in [0, 0.05) is 20.1 Å². The predicted molar refractivity (Wildman–Crippen MR) is 68.6 cm³/mol. The number of ether oxygens (including phenoxy) is 1. The molecule has 0 unspecified atom stereocenters. The van der Waals surface area contributed by atoms with Crippen molar-refractivity contribution in [1.82, 2.24) is 15.1 Å². The van der Waals surface area contributed by atoms with Crippen LogP contribution in [0.25, 0.3) is 0 Å². The van der Waals surface area contributed by atoms with Gasteiger partial charge in [0.1, 0.15) is 0 Å². The summed E-state index contributed by atoms with van der Waals surface area (Å²) in [6.07, 6.45) is 0.391. The molecule has 0 radical (unpaired) electrons. The van der Waals surface area contributed by atoms with Crippen LogP contribution in [0.5, 0.6) is 0 Å². The quantitative estimate of drug-likeness (QED) is 0.640. The lowest BCUT2D eigenvalue weighted by Gasteiger charge is -2.05. The Morgan fingerprint density at radius 2 is 2.29 bits per heavy atom. The van der Waals surface area contributed by atoms with Gasteiger partial charge in [-0.2, -0.15) is 5.10 Å². The van der Waals surface area contributed by atoms with Gasteiger partial charge in [-0.05, 0) is 29.8 Å². The second-order valence-electron chi connectivity index (χ2n) is 3.70. The Labute approximate surface area is 110 Å². The molecular formula is C11H18BrN3O2. The Morgan fingerprint density at radius 3 is 2.82 bits per heavy atom. The van der Waals surface area contributed by atoms with Crippen molar-refractivity contribution >= 4 is 21.9 Å². The highest BCUT2D eigenvalue weighted by molar-refractivity contribution is 9.10. The first kappa shape index (κ1) is 14.2. The van der Waals surface area contributed by atoms with Crippen LogP contribution in [-0.4, -0.2) is 28.9 Å². The van der Waals surface area contributed by atoms with E-state index in [9.17, 15) is 4.79 Å². The first-order valence-corrected chi connectivity index (χ1v) is 6.39. The molecule has 0 atom stereocenters. The van der Waals surface area contributed by atoms with Crippen LogP contribution in [0.4, 0.5) is 0 Å². The van der Waals surface area contributed by atoms with Crippen LogP contribution >= 0.6 is 15.9 Å². The van der Waals surface area contributed by atoms with Crippen LogP contribution in [0.3, 0.4) is 0 Å². The van der Waals surface area contributed by atoms with E-state index in [1.807, 2.05) is 18.7 Å². The van der Waals surface area contributed by atoms with Gasteiger partial charge in [0.05, 0.1) is 28.9 Å². The maximum atomic E-state index is 11.1. The third-order valence-corrected chi connectivity index (χ3v) is 3.40. The third kappa shape index (κ3) is 4.12. The topological polar surface area (TPSA) is 56.1 Å². The van der Waals surface area contributed by atoms with Gasteiger partial charge in [-0.15, -0.1) is 0 Å². The number of carbonyl (C=O) groups excluding carboxylic acids is 1. The zero-order valence-electron chi connectivity index (χ0n) is 10.4. The fraction of sp³-hybridized carbons (Fsp3) is 0.636. The molecule has 0 aromatic carbocycles. The summed E-state index contributed by atoms with van der Waals surface area (Å²) in [5.41, 5.74) is 2.04. The van der Waals surface area contributed by atoms with Gasteiger partial charge in [0.15, 0.2) is 0 Å². The molecule has 1 aromatic heterocycles. The monoisotopic (exact) mass is 303 g/mol. The Bertz CT molecular complexity index is 390. The van der Waals surface area contributed by atoms with E-state index in [0.29, 0.717) is 26.1 Å². The number of esters is 1. The Balaban J connectivity index is 2.34. The molecule has 0 saturated carbocycles. The fourth-order valence-corrected chi connectivity index (χ4v) is 1.98. The molecule has 17 heavy (non-hydrogen) atoms. The molecule has 0 fully saturated rings. The second kappa shape index (κ2) is 6.76. The average molecular weight is 304 g/mol. The number of aromatic nitrogens is 2. The number of rotatable bonds is 6. The van der Waals surface area contributed by atoms with Crippen molar-refractivity contribution in [1.29, 1.82) is 0 Å². The lowest BCUT2D eigenvalue weighted by atomic mass is 10.3. The number of aryl methyl sites for hydroxylation is 2. The number of nitrogens with zero attached hydrogens (tertiary/aromatic N) is 2. The van der Waals surface area contributed by atoms with E-state index in [1.54, 1.807) is 6.92 Å². The van der Waals surface area contributed by atoms with E-state index in [2.05, 4.69) is 26.3 Å². The summed E-state index contributed by atoms with van der Waals surface area (Å²) in [5, 5.41) is 7.49. The normalized spacial score (nSPS) is 10.6. The van der Waals surface area contributed by atoms with Crippen LogP contribution in [0.2, 0.25) is 0 Å². The van der Waals surface area contributed by atoms with E-state index in [1.165, 1.54) is 0 Å². The van der Waals surface area contributed by atoms with Crippen LogP contribution in [-0.2, 0) is 23.1 Å². The first-order valence-electron chi connectivity index (χ1n) is 5.60. The van der Waals surface area contributed by atoms with Gasteiger partial charge < -0.3 is 10.1 Å². The number of carbonyl (C=O) groups is 1. The van der Waals surface area contributed by atoms with E-state index < -0.39 is 0 Å². The zero-order chi connectivity index (χ0) is 12.8. The summed E-state index contributed by atoms with van der Waals surface area (Å²) >= 11 is 3.49. The fourth-order valence-electron chi connectivity index (χ4n) is 1.50. The van der Waals surface area contributed by atoms with Gasteiger partial charge in [-0.25, -0.2) is 0 Å². The molecule has 5 nitrogen and oxygen atoms in total. The third-order valence-electron chi connectivity index (χ3n) is 2.37. The Hall–Kier alpha value is -0.880. The van der Waals surface area contributed by atoms with E-state index >= 15 is 0 Å². The lowest BCUT2D eigenvalue weighted by Crippen LogP contribution is -2.20. The van der Waals surface area contributed by atoms with Crippen molar-refractivity contribution in [2.45, 2.75) is 26.8 Å². The molecule has 0 bridgehead atoms. The maximum Gasteiger partial charge on any atom is 0.307 e. The minimum atomic E-state index is -0.166. The highest BCUT2D eigenvalue weighted by Crippen LogP contribution is 2.19. The molecule has 6 heteroatoms. The van der Waals surface area contributed by atoms with Crippen molar-refractivity contribution in [2.75, 3.05) is 13.2 Å². The lowest BCUT2D eigenvalue weighted by molar-refractivity contribution is -0.142. The van der Waals surface area contributed by atoms with Crippen molar-refractivity contribution in [3.63, 3.8) is 0 Å². The minimum absolute atomic E-state index is 0.166. The second-order valence-corrected chi connectivity index (χ2v) is 4.49. The highest BCUT2D eigenvalue weighted by atomic mass is 79.9. The van der Waals surface area contributed by atoms with Crippen molar-refractivity contribution in [3.8, 4) is 0 Å². The highest BCUT2D eigenvalue weighted by Gasteiger charge is 2.10. The van der Waals surface area contributed by atoms with E-state index in [4.69, 9.17) is 4.74 Å². The van der Waals surface area contributed by atoms with Crippen LogP contribution < -0.4 is 5.32 Å². The molecule has 1 rings (SSSR count). The molecule has 1 aromatic rings. The van der Waals surface area contributed by atoms with Gasteiger partial charge in [-0.3, -0.25) is 9.48 Å². The molecule has 96 valence electrons. The number of halogens is 1. The van der Waals surface area contributed by atoms with Gasteiger partial charge in [-0.1, -0.05) is 0 Å². The standard InChI is InChI=1S/C11H18BrN3O2/c1-4-17-10(16)5-6-13-7-9-11(12)8(2)14-15(9)3/h13H,4-7H2,1-3H3. The molecule has 0 aliphatic heterocycles. The van der Waals surface area contributed by atoms with Crippen LogP contribution in [0.15, 0.2) is 4.47 Å². The summed E-state index contributed by atoms with van der Waals surface area (Å²) in [6.45, 7) is 5.48. The molecule has 0 saturated heterocycles. The van der Waals surface area contributed by atoms with Gasteiger partial charge in [0.2, 0.25) is 0 Å². The molecular weight excluding hydrogens is 286 g/mol. The number of hydrogen-bond acceptors (Lipinski definition) is 4. The number of nitrogens with one attached hydrogen (secondary N) is 1. The Morgan fingerprint density at radius 1 is 1.59 bits per heavy atom. The summed E-state index contributed by atoms with van der Waals surface area (Å²) in [5.74, 6) is -0.166. The van der Waals surface area contributed by atoms with E-state index in [-0.39, 0.29) is 5.97 Å². The summed E-state index contributed by atoms with van der Waals surface area (Å²) in [6, 6.07) is 0. The van der Waals surface area contributed by atoms with Gasteiger partial charge in [0.25, 0.3) is 0 Å². The molecule has 1 heterocycles. The largest absolute Gasteiger partial charge is 0.466 e. The molecule has 0 amide bonds. The van der Waals surface area contributed by atoms with Crippen LogP contribution in [0.1, 0.15) is 24.7 Å². The van der Waals surface area contributed by atoms with Gasteiger partial charge >= 0.3 is 5.97 Å². The number of hydrogen-bond donors (Lipinski definition) is 1. The Kier molecular flexibility index (Phi) is 5.64. The molecule has 1 N–H and O–H groups in total. The molecule has 0 spiro atoms. The van der Waals surface area contributed by atoms with Crippen LogP contribution in [0, 0.1) is 6.92 Å². The predicted octanol–water partition coefficient (Wildman–Crippen LogP) is 1.53. The average Bonchev–Trinajstić information content (AvgIpc) is 2.50. The summed E-state index contributed by atoms with van der Waals surface area (Å²) < 4.78 is 7.69. The SMILES string of the molecule is CCOC(=O)CCNCc1c(Br)c(C)nn1C. The summed E-state index contributed by atoms with van der Waals surface area (Å²) in [4.78, 5) is 11.1. The first-order chi connectivity index (χ1) is 8.06. The maximum absolute atomic E-state index is 11.1. The van der Waals surface area contributed by atoms with Crippen molar-refractivity contribution in [2.24, 2.45) is 7.05 Å². The molecule has 0 aliphatic rings. The zero-order valence-corrected chi connectivity index (χ0v) is 12.0. The molecule has 0 aliphatic carbocycles. The van der Waals surface area contributed by atoms with E-state index in [0.717, 1.165) is 15.9 Å².